The van der Waals surface area contributed by atoms with Crippen LogP contribution >= 0.6 is 12.4 Å². The molecule has 2 aliphatic heterocycles. The Kier molecular flexibility index (Phi) is 4.37. The van der Waals surface area contributed by atoms with Crippen LogP contribution in [-0.2, 0) is 6.54 Å². The zero-order valence-electron chi connectivity index (χ0n) is 10.0. The quantitative estimate of drug-likeness (QED) is 0.870. The Bertz CT molecular complexity index is 344. The van der Waals surface area contributed by atoms with E-state index >= 15 is 0 Å². The molecule has 0 saturated carbocycles. The van der Waals surface area contributed by atoms with Crippen LogP contribution in [0.2, 0.25) is 0 Å². The van der Waals surface area contributed by atoms with Crippen LogP contribution < -0.4 is 5.32 Å². The summed E-state index contributed by atoms with van der Waals surface area (Å²) in [6.07, 6.45) is 6.49. The molecule has 0 spiro atoms. The molecule has 2 saturated heterocycles. The van der Waals surface area contributed by atoms with Gasteiger partial charge in [-0.15, -0.1) is 12.4 Å². The van der Waals surface area contributed by atoms with Crippen molar-refractivity contribution in [3.63, 3.8) is 0 Å². The van der Waals surface area contributed by atoms with E-state index in [4.69, 9.17) is 0 Å². The summed E-state index contributed by atoms with van der Waals surface area (Å²) in [5.74, 6) is 0.880. The molecule has 94 valence electrons. The van der Waals surface area contributed by atoms with Crippen molar-refractivity contribution in [2.75, 3.05) is 19.6 Å². The highest BCUT2D eigenvalue weighted by Gasteiger charge is 2.32. The van der Waals surface area contributed by atoms with Gasteiger partial charge in [0.25, 0.3) is 0 Å². The van der Waals surface area contributed by atoms with E-state index in [0.717, 1.165) is 18.5 Å². The second kappa shape index (κ2) is 5.80. The Morgan fingerprint density at radius 3 is 3.18 bits per heavy atom. The summed E-state index contributed by atoms with van der Waals surface area (Å²) >= 11 is 0. The van der Waals surface area contributed by atoms with E-state index in [1.807, 2.05) is 18.5 Å². The van der Waals surface area contributed by atoms with E-state index in [9.17, 15) is 0 Å². The van der Waals surface area contributed by atoms with Crippen LogP contribution in [0.15, 0.2) is 24.5 Å². The fraction of sp³-hybridized carbons (Fsp3) is 0.615. The molecule has 3 nitrogen and oxygen atoms in total. The molecule has 3 rings (SSSR count). The van der Waals surface area contributed by atoms with Gasteiger partial charge in [-0.05, 0) is 43.5 Å². The zero-order valence-corrected chi connectivity index (χ0v) is 10.8. The van der Waals surface area contributed by atoms with E-state index < -0.39 is 0 Å². The fourth-order valence-electron chi connectivity index (χ4n) is 3.02. The van der Waals surface area contributed by atoms with Gasteiger partial charge in [-0.3, -0.25) is 9.88 Å². The molecular weight excluding hydrogens is 234 g/mol. The molecule has 0 amide bonds. The summed E-state index contributed by atoms with van der Waals surface area (Å²) < 4.78 is 0. The first-order valence-electron chi connectivity index (χ1n) is 6.26. The number of nitrogens with one attached hydrogen (secondary N) is 1. The van der Waals surface area contributed by atoms with E-state index in [2.05, 4.69) is 21.3 Å². The average molecular weight is 254 g/mol. The molecule has 2 unspecified atom stereocenters. The maximum atomic E-state index is 4.18. The van der Waals surface area contributed by atoms with E-state index in [1.54, 1.807) is 0 Å². The van der Waals surface area contributed by atoms with Crippen LogP contribution in [0.5, 0.6) is 0 Å². The lowest BCUT2D eigenvalue weighted by molar-refractivity contribution is 0.156. The Morgan fingerprint density at radius 2 is 2.35 bits per heavy atom. The molecule has 2 fully saturated rings. The summed E-state index contributed by atoms with van der Waals surface area (Å²) in [6.45, 7) is 4.77. The average Bonchev–Trinajstić information content (AvgIpc) is 2.77. The van der Waals surface area contributed by atoms with Crippen LogP contribution in [0.25, 0.3) is 0 Å². The van der Waals surface area contributed by atoms with Crippen LogP contribution in [-0.4, -0.2) is 35.6 Å². The minimum absolute atomic E-state index is 0. The minimum Gasteiger partial charge on any atom is -0.314 e. The normalized spacial score (nSPS) is 28.5. The maximum Gasteiger partial charge on any atom is 0.0312 e. The molecule has 0 aliphatic carbocycles. The third-order valence-corrected chi connectivity index (χ3v) is 3.87. The van der Waals surface area contributed by atoms with Crippen LogP contribution in [0, 0.1) is 5.92 Å². The monoisotopic (exact) mass is 253 g/mol. The lowest BCUT2D eigenvalue weighted by Crippen LogP contribution is -2.43. The highest BCUT2D eigenvalue weighted by Crippen LogP contribution is 2.25. The largest absolute Gasteiger partial charge is 0.314 e. The number of nitrogens with zero attached hydrogens (tertiary/aromatic N) is 2. The molecule has 1 N–H and O–H groups in total. The molecule has 1 aromatic rings. The van der Waals surface area contributed by atoms with Gasteiger partial charge in [-0.2, -0.15) is 0 Å². The van der Waals surface area contributed by atoms with E-state index in [0.29, 0.717) is 0 Å². The Hall–Kier alpha value is -0.640. The lowest BCUT2D eigenvalue weighted by atomic mass is 9.93. The summed E-state index contributed by atoms with van der Waals surface area (Å²) in [7, 11) is 0. The molecule has 4 heteroatoms. The van der Waals surface area contributed by atoms with Crippen molar-refractivity contribution >= 4 is 12.4 Å². The van der Waals surface area contributed by atoms with Crippen LogP contribution in [0.1, 0.15) is 18.4 Å². The molecule has 3 heterocycles. The van der Waals surface area contributed by atoms with Gasteiger partial charge in [0.05, 0.1) is 0 Å². The van der Waals surface area contributed by atoms with Crippen molar-refractivity contribution in [1.29, 1.82) is 0 Å². The van der Waals surface area contributed by atoms with Gasteiger partial charge in [-0.1, -0.05) is 6.07 Å². The third kappa shape index (κ3) is 2.97. The molecule has 1 aromatic heterocycles. The number of fused-ring (bicyclic) bond motifs is 1. The Balaban J connectivity index is 0.00000108. The molecule has 17 heavy (non-hydrogen) atoms. The number of aromatic nitrogens is 1. The van der Waals surface area contributed by atoms with Crippen molar-refractivity contribution in [1.82, 2.24) is 15.2 Å². The van der Waals surface area contributed by atoms with Crippen molar-refractivity contribution in [3.8, 4) is 0 Å². The van der Waals surface area contributed by atoms with E-state index in [-0.39, 0.29) is 12.4 Å². The minimum atomic E-state index is 0. The number of pyridine rings is 1. The molecule has 2 atom stereocenters. The van der Waals surface area contributed by atoms with Crippen LogP contribution in [0.3, 0.4) is 0 Å². The number of halogens is 1. The summed E-state index contributed by atoms with van der Waals surface area (Å²) in [4.78, 5) is 6.75. The van der Waals surface area contributed by atoms with Crippen molar-refractivity contribution in [3.05, 3.63) is 30.1 Å². The molecule has 0 aromatic carbocycles. The molecule has 2 aliphatic rings. The smallest absolute Gasteiger partial charge is 0.0312 e. The third-order valence-electron chi connectivity index (χ3n) is 3.87. The second-order valence-electron chi connectivity index (χ2n) is 4.99. The second-order valence-corrected chi connectivity index (χ2v) is 4.99. The van der Waals surface area contributed by atoms with Gasteiger partial charge >= 0.3 is 0 Å². The topological polar surface area (TPSA) is 28.2 Å². The van der Waals surface area contributed by atoms with Gasteiger partial charge in [0.2, 0.25) is 0 Å². The number of hydrogen-bond acceptors (Lipinski definition) is 3. The summed E-state index contributed by atoms with van der Waals surface area (Å²) in [5.41, 5.74) is 1.34. The van der Waals surface area contributed by atoms with Gasteiger partial charge in [0, 0.05) is 31.5 Å². The predicted octanol–water partition coefficient (Wildman–Crippen LogP) is 1.69. The number of rotatable bonds is 2. The summed E-state index contributed by atoms with van der Waals surface area (Å²) in [5, 5.41) is 3.60. The van der Waals surface area contributed by atoms with Gasteiger partial charge in [-0.25, -0.2) is 0 Å². The van der Waals surface area contributed by atoms with Crippen molar-refractivity contribution in [2.24, 2.45) is 5.92 Å². The Morgan fingerprint density at radius 1 is 1.41 bits per heavy atom. The predicted molar refractivity (Wildman–Crippen MR) is 71.3 cm³/mol. The fourth-order valence-corrected chi connectivity index (χ4v) is 3.02. The number of hydrogen-bond donors (Lipinski definition) is 1. The van der Waals surface area contributed by atoms with Gasteiger partial charge in [0.1, 0.15) is 0 Å². The number of piperidine rings is 1. The molecular formula is C13H20ClN3. The molecule has 0 bridgehead atoms. The highest BCUT2D eigenvalue weighted by molar-refractivity contribution is 5.85. The SMILES string of the molecule is Cl.c1cncc(CN2CCC3NCCC3C2)c1. The highest BCUT2D eigenvalue weighted by atomic mass is 35.5. The molecule has 0 radical (unpaired) electrons. The lowest BCUT2D eigenvalue weighted by Gasteiger charge is -2.34. The van der Waals surface area contributed by atoms with Gasteiger partial charge in [0.15, 0.2) is 0 Å². The van der Waals surface area contributed by atoms with Crippen LogP contribution in [0.4, 0.5) is 0 Å². The van der Waals surface area contributed by atoms with Gasteiger partial charge < -0.3 is 5.32 Å². The first-order chi connectivity index (χ1) is 7.92. The standard InChI is InChI=1S/C13H19N3.ClH/c1-2-11(8-14-5-1)9-16-7-4-13-12(10-16)3-6-15-13;/h1-2,5,8,12-13,15H,3-4,6-7,9-10H2;1H. The first-order valence-corrected chi connectivity index (χ1v) is 6.26. The van der Waals surface area contributed by atoms with E-state index in [1.165, 1.54) is 38.0 Å². The van der Waals surface area contributed by atoms with Crippen molar-refractivity contribution < 1.29 is 0 Å². The Labute approximate surface area is 109 Å². The maximum absolute atomic E-state index is 4.18. The van der Waals surface area contributed by atoms with Crippen molar-refractivity contribution in [2.45, 2.75) is 25.4 Å². The number of likely N-dealkylation sites (tertiary alicyclic amines) is 1. The first kappa shape index (κ1) is 12.8. The summed E-state index contributed by atoms with van der Waals surface area (Å²) in [6, 6.07) is 5.00. The zero-order chi connectivity index (χ0) is 10.8.